The van der Waals surface area contributed by atoms with Gasteiger partial charge in [-0.3, -0.25) is 4.79 Å². The van der Waals surface area contributed by atoms with Crippen LogP contribution in [0.3, 0.4) is 0 Å². The van der Waals surface area contributed by atoms with E-state index in [9.17, 15) is 4.79 Å². The third-order valence-corrected chi connectivity index (χ3v) is 4.17. The van der Waals surface area contributed by atoms with E-state index in [1.54, 1.807) is 30.5 Å². The number of hydrogen-bond donors (Lipinski definition) is 0. The van der Waals surface area contributed by atoms with Gasteiger partial charge >= 0.3 is 0 Å². The fraction of sp³-hybridized carbons (Fsp3) is 0.333. The highest BCUT2D eigenvalue weighted by molar-refractivity contribution is 5.94. The number of benzene rings is 1. The Hall–Kier alpha value is -2.54. The van der Waals surface area contributed by atoms with Crippen LogP contribution in [0, 0.1) is 11.3 Å². The van der Waals surface area contributed by atoms with Crippen LogP contribution in [0.5, 0.6) is 0 Å². The van der Waals surface area contributed by atoms with Crippen LogP contribution in [0.15, 0.2) is 47.1 Å². The lowest BCUT2D eigenvalue weighted by atomic mass is 10.1. The lowest BCUT2D eigenvalue weighted by Gasteiger charge is -2.28. The van der Waals surface area contributed by atoms with Crippen molar-refractivity contribution in [1.82, 2.24) is 4.90 Å². The van der Waals surface area contributed by atoms with Gasteiger partial charge in [0.05, 0.1) is 24.4 Å². The fourth-order valence-corrected chi connectivity index (χ4v) is 3.04. The summed E-state index contributed by atoms with van der Waals surface area (Å²) in [5.74, 6) is 0.761. The number of nitriles is 1. The van der Waals surface area contributed by atoms with E-state index in [0.717, 1.165) is 31.4 Å². The molecule has 0 spiro atoms. The van der Waals surface area contributed by atoms with Crippen LogP contribution in [0.4, 0.5) is 0 Å². The minimum atomic E-state index is -0.0274. The second kappa shape index (κ2) is 6.48. The van der Waals surface area contributed by atoms with Crippen molar-refractivity contribution in [2.75, 3.05) is 0 Å². The highest BCUT2D eigenvalue weighted by atomic mass is 16.3. The molecule has 112 valence electrons. The molecule has 1 aliphatic rings. The summed E-state index contributed by atoms with van der Waals surface area (Å²) in [6, 6.07) is 13.0. The lowest BCUT2D eigenvalue weighted by molar-refractivity contribution is 0.0649. The van der Waals surface area contributed by atoms with Gasteiger partial charge in [0, 0.05) is 11.6 Å². The molecule has 1 fully saturated rings. The molecule has 22 heavy (non-hydrogen) atoms. The minimum absolute atomic E-state index is 0.0274. The number of rotatable bonds is 4. The quantitative estimate of drug-likeness (QED) is 0.863. The third-order valence-electron chi connectivity index (χ3n) is 4.17. The SMILES string of the molecule is N#Cc1cccc(C(=O)N(Cc2ccco2)C2CCCC2)c1. The number of amides is 1. The van der Waals surface area contributed by atoms with Gasteiger partial charge in [0.2, 0.25) is 0 Å². The summed E-state index contributed by atoms with van der Waals surface area (Å²) in [4.78, 5) is 14.8. The van der Waals surface area contributed by atoms with E-state index in [1.165, 1.54) is 0 Å². The van der Waals surface area contributed by atoms with E-state index in [0.29, 0.717) is 17.7 Å². The smallest absolute Gasteiger partial charge is 0.254 e. The van der Waals surface area contributed by atoms with Crippen LogP contribution >= 0.6 is 0 Å². The van der Waals surface area contributed by atoms with Crippen molar-refractivity contribution in [3.05, 3.63) is 59.5 Å². The molecule has 4 heteroatoms. The average molecular weight is 294 g/mol. The minimum Gasteiger partial charge on any atom is -0.467 e. The molecular formula is C18H18N2O2. The Bertz CT molecular complexity index is 679. The lowest BCUT2D eigenvalue weighted by Crippen LogP contribution is -2.38. The maximum atomic E-state index is 12.9. The van der Waals surface area contributed by atoms with Crippen LogP contribution in [0.1, 0.15) is 47.4 Å². The number of carbonyl (C=O) groups is 1. The normalized spacial score (nSPS) is 14.7. The average Bonchev–Trinajstić information content (AvgIpc) is 3.25. The van der Waals surface area contributed by atoms with Gasteiger partial charge in [-0.25, -0.2) is 0 Å². The van der Waals surface area contributed by atoms with Crippen LogP contribution in [-0.2, 0) is 6.54 Å². The molecule has 1 aromatic carbocycles. The van der Waals surface area contributed by atoms with Gasteiger partial charge in [-0.1, -0.05) is 18.9 Å². The topological polar surface area (TPSA) is 57.2 Å². The Morgan fingerprint density at radius 2 is 2.09 bits per heavy atom. The number of furan rings is 1. The van der Waals surface area contributed by atoms with Gasteiger partial charge in [0.15, 0.2) is 0 Å². The molecular weight excluding hydrogens is 276 g/mol. The van der Waals surface area contributed by atoms with Crippen LogP contribution < -0.4 is 0 Å². The maximum absolute atomic E-state index is 12.9. The van der Waals surface area contributed by atoms with E-state index >= 15 is 0 Å². The summed E-state index contributed by atoms with van der Waals surface area (Å²) >= 11 is 0. The van der Waals surface area contributed by atoms with Gasteiger partial charge in [-0.15, -0.1) is 0 Å². The molecule has 2 aromatic rings. The zero-order valence-electron chi connectivity index (χ0n) is 12.4. The first-order chi connectivity index (χ1) is 10.8. The second-order valence-corrected chi connectivity index (χ2v) is 5.64. The van der Waals surface area contributed by atoms with Crippen LogP contribution in [0.2, 0.25) is 0 Å². The Balaban J connectivity index is 1.86. The molecule has 1 aromatic heterocycles. The largest absolute Gasteiger partial charge is 0.467 e. The van der Waals surface area contributed by atoms with E-state index in [-0.39, 0.29) is 11.9 Å². The van der Waals surface area contributed by atoms with E-state index < -0.39 is 0 Å². The predicted molar refractivity (Wildman–Crippen MR) is 82.0 cm³/mol. The highest BCUT2D eigenvalue weighted by Gasteiger charge is 2.28. The van der Waals surface area contributed by atoms with Crippen molar-refractivity contribution in [2.45, 2.75) is 38.3 Å². The predicted octanol–water partition coefficient (Wildman–Crippen LogP) is 3.74. The van der Waals surface area contributed by atoms with Crippen molar-refractivity contribution >= 4 is 5.91 Å². The molecule has 4 nitrogen and oxygen atoms in total. The molecule has 0 bridgehead atoms. The van der Waals surface area contributed by atoms with Gasteiger partial charge in [-0.2, -0.15) is 5.26 Å². The van der Waals surface area contributed by atoms with E-state index in [2.05, 4.69) is 6.07 Å². The summed E-state index contributed by atoms with van der Waals surface area (Å²) in [6.07, 6.45) is 6.01. The van der Waals surface area contributed by atoms with E-state index in [1.807, 2.05) is 17.0 Å². The van der Waals surface area contributed by atoms with Crippen LogP contribution in [-0.4, -0.2) is 16.8 Å². The van der Waals surface area contributed by atoms with Gasteiger partial charge in [-0.05, 0) is 43.2 Å². The fourth-order valence-electron chi connectivity index (χ4n) is 3.04. The molecule has 1 aliphatic carbocycles. The summed E-state index contributed by atoms with van der Waals surface area (Å²) in [5.41, 5.74) is 1.08. The van der Waals surface area contributed by atoms with Gasteiger partial charge in [0.1, 0.15) is 5.76 Å². The Labute approximate surface area is 130 Å². The van der Waals surface area contributed by atoms with Gasteiger partial charge < -0.3 is 9.32 Å². The standard InChI is InChI=1S/C18H18N2O2/c19-12-14-5-3-6-15(11-14)18(21)20(16-7-1-2-8-16)13-17-9-4-10-22-17/h3-6,9-11,16H,1-2,7-8,13H2. The van der Waals surface area contributed by atoms with Crippen molar-refractivity contribution in [1.29, 1.82) is 5.26 Å². The number of carbonyl (C=O) groups excluding carboxylic acids is 1. The molecule has 0 atom stereocenters. The number of nitrogens with zero attached hydrogens (tertiary/aromatic N) is 2. The Morgan fingerprint density at radius 3 is 2.77 bits per heavy atom. The molecule has 0 saturated heterocycles. The zero-order chi connectivity index (χ0) is 15.4. The first-order valence-corrected chi connectivity index (χ1v) is 7.61. The number of hydrogen-bond acceptors (Lipinski definition) is 3. The van der Waals surface area contributed by atoms with Crippen LogP contribution in [0.25, 0.3) is 0 Å². The molecule has 1 saturated carbocycles. The highest BCUT2D eigenvalue weighted by Crippen LogP contribution is 2.26. The first-order valence-electron chi connectivity index (χ1n) is 7.61. The Morgan fingerprint density at radius 1 is 1.27 bits per heavy atom. The van der Waals surface area contributed by atoms with Crippen molar-refractivity contribution in [2.24, 2.45) is 0 Å². The van der Waals surface area contributed by atoms with Gasteiger partial charge in [0.25, 0.3) is 5.91 Å². The molecule has 0 aliphatic heterocycles. The van der Waals surface area contributed by atoms with E-state index in [4.69, 9.17) is 9.68 Å². The summed E-state index contributed by atoms with van der Waals surface area (Å²) in [5, 5.41) is 9.01. The van der Waals surface area contributed by atoms with Crippen molar-refractivity contribution in [3.8, 4) is 6.07 Å². The molecule has 3 rings (SSSR count). The Kier molecular flexibility index (Phi) is 4.24. The van der Waals surface area contributed by atoms with Crippen molar-refractivity contribution < 1.29 is 9.21 Å². The summed E-state index contributed by atoms with van der Waals surface area (Å²) < 4.78 is 5.41. The summed E-state index contributed by atoms with van der Waals surface area (Å²) in [7, 11) is 0. The molecule has 0 unspecified atom stereocenters. The van der Waals surface area contributed by atoms with Crippen molar-refractivity contribution in [3.63, 3.8) is 0 Å². The second-order valence-electron chi connectivity index (χ2n) is 5.64. The molecule has 1 heterocycles. The maximum Gasteiger partial charge on any atom is 0.254 e. The third kappa shape index (κ3) is 3.04. The molecule has 0 N–H and O–H groups in total. The molecule has 0 radical (unpaired) electrons. The monoisotopic (exact) mass is 294 g/mol. The first kappa shape index (κ1) is 14.4. The zero-order valence-corrected chi connectivity index (χ0v) is 12.4. The summed E-state index contributed by atoms with van der Waals surface area (Å²) in [6.45, 7) is 0.479. The molecule has 1 amide bonds.